The number of aryl methyl sites for hydroxylation is 1. The molecule has 0 radical (unpaired) electrons. The molecule has 1 atom stereocenters. The number of likely N-dealkylation sites (tertiary alicyclic amines) is 1. The summed E-state index contributed by atoms with van der Waals surface area (Å²) in [6, 6.07) is -0.515. The van der Waals surface area contributed by atoms with Crippen molar-refractivity contribution >= 4 is 17.9 Å². The summed E-state index contributed by atoms with van der Waals surface area (Å²) < 4.78 is 6.97. The number of amides is 2. The predicted molar refractivity (Wildman–Crippen MR) is 87.3 cm³/mol. The number of hydrogen-bond donors (Lipinski definition) is 1. The number of carbonyl (C=O) groups excluding carboxylic acids is 2. The van der Waals surface area contributed by atoms with Crippen LogP contribution < -0.4 is 5.32 Å². The molecular formula is C16H25N5O3. The molecule has 8 nitrogen and oxygen atoms in total. The lowest BCUT2D eigenvalue weighted by atomic mass is 9.70. The van der Waals surface area contributed by atoms with Gasteiger partial charge in [0.2, 0.25) is 11.9 Å². The van der Waals surface area contributed by atoms with Crippen molar-refractivity contribution in [2.24, 2.45) is 12.5 Å². The van der Waals surface area contributed by atoms with Crippen molar-refractivity contribution in [3.8, 4) is 0 Å². The highest BCUT2D eigenvalue weighted by Crippen LogP contribution is 2.51. The molecule has 0 aromatic carbocycles. The summed E-state index contributed by atoms with van der Waals surface area (Å²) >= 11 is 0. The Hall–Kier alpha value is -2.12. The zero-order valence-corrected chi connectivity index (χ0v) is 14.7. The highest BCUT2D eigenvalue weighted by atomic mass is 16.6. The van der Waals surface area contributed by atoms with E-state index in [4.69, 9.17) is 4.74 Å². The van der Waals surface area contributed by atoms with Gasteiger partial charge >= 0.3 is 6.09 Å². The van der Waals surface area contributed by atoms with E-state index in [9.17, 15) is 9.59 Å². The number of carbonyl (C=O) groups is 2. The van der Waals surface area contributed by atoms with Gasteiger partial charge in [-0.25, -0.2) is 9.78 Å². The molecule has 1 spiro atoms. The number of hydrogen-bond acceptors (Lipinski definition) is 5. The normalized spacial score (nSPS) is 22.3. The zero-order chi connectivity index (χ0) is 17.5. The van der Waals surface area contributed by atoms with Crippen LogP contribution in [0.4, 0.5) is 10.7 Å². The topological polar surface area (TPSA) is 89.4 Å². The van der Waals surface area contributed by atoms with Gasteiger partial charge in [0.15, 0.2) is 0 Å². The van der Waals surface area contributed by atoms with E-state index in [0.717, 1.165) is 25.7 Å². The van der Waals surface area contributed by atoms with E-state index in [-0.39, 0.29) is 17.3 Å². The number of aromatic nitrogens is 3. The van der Waals surface area contributed by atoms with Crippen LogP contribution >= 0.6 is 0 Å². The first-order valence-corrected chi connectivity index (χ1v) is 8.36. The molecule has 1 saturated heterocycles. The molecule has 1 N–H and O–H groups in total. The number of ether oxygens (including phenoxy) is 1. The molecule has 24 heavy (non-hydrogen) atoms. The molecule has 1 aromatic rings. The lowest BCUT2D eigenvalue weighted by molar-refractivity contribution is -0.140. The minimum absolute atomic E-state index is 0.129. The van der Waals surface area contributed by atoms with Crippen LogP contribution in [0.5, 0.6) is 0 Å². The Morgan fingerprint density at radius 1 is 1.33 bits per heavy atom. The third-order valence-corrected chi connectivity index (χ3v) is 4.69. The fraction of sp³-hybridized carbons (Fsp3) is 0.750. The van der Waals surface area contributed by atoms with Gasteiger partial charge in [0, 0.05) is 19.0 Å². The Kier molecular flexibility index (Phi) is 4.01. The summed E-state index contributed by atoms with van der Waals surface area (Å²) in [5.74, 6) is 0.0203. The van der Waals surface area contributed by atoms with Crippen molar-refractivity contribution in [2.45, 2.75) is 58.1 Å². The summed E-state index contributed by atoms with van der Waals surface area (Å²) in [7, 11) is 1.73. The van der Waals surface area contributed by atoms with Gasteiger partial charge in [-0.05, 0) is 33.6 Å². The molecule has 1 unspecified atom stereocenters. The predicted octanol–water partition coefficient (Wildman–Crippen LogP) is 1.93. The first kappa shape index (κ1) is 16.7. The van der Waals surface area contributed by atoms with Gasteiger partial charge in [0.1, 0.15) is 18.0 Å². The Balaban J connectivity index is 1.76. The number of anilines is 1. The summed E-state index contributed by atoms with van der Waals surface area (Å²) in [4.78, 5) is 30.8. The van der Waals surface area contributed by atoms with Gasteiger partial charge in [-0.15, -0.1) is 5.10 Å². The van der Waals surface area contributed by atoms with Crippen LogP contribution in [0.3, 0.4) is 0 Å². The molecule has 1 aromatic heterocycles. The Labute approximate surface area is 141 Å². The molecule has 2 heterocycles. The highest BCUT2D eigenvalue weighted by molar-refractivity contribution is 5.97. The van der Waals surface area contributed by atoms with Crippen LogP contribution in [0.25, 0.3) is 0 Å². The lowest BCUT2D eigenvalue weighted by Gasteiger charge is -2.54. The maximum Gasteiger partial charge on any atom is 0.411 e. The highest BCUT2D eigenvalue weighted by Gasteiger charge is 2.59. The standard InChI is InChI=1S/C16H25N5O3/c1-15(2,3)24-14(23)21-9-16(7-5-6-8-16)11(21)12(22)18-13-17-10-20(4)19-13/h10-11H,5-9H2,1-4H3,(H,18,19,22). The first-order valence-electron chi connectivity index (χ1n) is 8.36. The van der Waals surface area contributed by atoms with E-state index in [1.807, 2.05) is 20.8 Å². The summed E-state index contributed by atoms with van der Waals surface area (Å²) in [6.07, 6.45) is 5.18. The van der Waals surface area contributed by atoms with Crippen molar-refractivity contribution < 1.29 is 14.3 Å². The minimum atomic E-state index is -0.584. The average Bonchev–Trinajstić information content (AvgIpc) is 3.04. The van der Waals surface area contributed by atoms with Gasteiger partial charge in [-0.1, -0.05) is 12.8 Å². The van der Waals surface area contributed by atoms with Crippen molar-refractivity contribution in [2.75, 3.05) is 11.9 Å². The second-order valence-electron chi connectivity index (χ2n) is 7.81. The van der Waals surface area contributed by atoms with Gasteiger partial charge in [0.25, 0.3) is 0 Å². The van der Waals surface area contributed by atoms with Gasteiger partial charge in [-0.3, -0.25) is 19.7 Å². The Morgan fingerprint density at radius 3 is 2.54 bits per heavy atom. The molecule has 132 valence electrons. The van der Waals surface area contributed by atoms with Crippen molar-refractivity contribution in [3.63, 3.8) is 0 Å². The van der Waals surface area contributed by atoms with Crippen LogP contribution in [0.1, 0.15) is 46.5 Å². The maximum absolute atomic E-state index is 12.8. The molecule has 2 fully saturated rings. The van der Waals surface area contributed by atoms with Crippen molar-refractivity contribution in [1.82, 2.24) is 19.7 Å². The summed E-state index contributed by atoms with van der Waals surface area (Å²) in [6.45, 7) is 6.05. The Bertz CT molecular complexity index is 642. The minimum Gasteiger partial charge on any atom is -0.444 e. The first-order chi connectivity index (χ1) is 11.2. The summed E-state index contributed by atoms with van der Waals surface area (Å²) in [5.41, 5.74) is -0.713. The average molecular weight is 335 g/mol. The van der Waals surface area contributed by atoms with Gasteiger partial charge < -0.3 is 4.74 Å². The molecule has 1 saturated carbocycles. The van der Waals surface area contributed by atoms with Crippen LogP contribution in [0.2, 0.25) is 0 Å². The second kappa shape index (κ2) is 5.75. The van der Waals surface area contributed by atoms with E-state index < -0.39 is 17.7 Å². The number of rotatable bonds is 2. The molecule has 2 aliphatic rings. The lowest BCUT2D eigenvalue weighted by Crippen LogP contribution is -2.69. The van der Waals surface area contributed by atoms with E-state index in [2.05, 4.69) is 15.4 Å². The maximum atomic E-state index is 12.8. The monoisotopic (exact) mass is 335 g/mol. The van der Waals surface area contributed by atoms with E-state index in [0.29, 0.717) is 6.54 Å². The molecule has 8 heteroatoms. The van der Waals surface area contributed by atoms with Crippen LogP contribution in [0.15, 0.2) is 6.33 Å². The molecule has 1 aliphatic heterocycles. The third kappa shape index (κ3) is 3.09. The number of nitrogens with zero attached hydrogens (tertiary/aromatic N) is 4. The zero-order valence-electron chi connectivity index (χ0n) is 14.7. The summed E-state index contributed by atoms with van der Waals surface area (Å²) in [5, 5.41) is 6.81. The molecule has 0 bridgehead atoms. The van der Waals surface area contributed by atoms with E-state index >= 15 is 0 Å². The molecule has 2 amide bonds. The van der Waals surface area contributed by atoms with Crippen molar-refractivity contribution in [1.29, 1.82) is 0 Å². The fourth-order valence-corrected chi connectivity index (χ4v) is 3.73. The molecule has 1 aliphatic carbocycles. The van der Waals surface area contributed by atoms with Crippen LogP contribution in [0, 0.1) is 5.41 Å². The van der Waals surface area contributed by atoms with Gasteiger partial charge in [0.05, 0.1) is 0 Å². The quantitative estimate of drug-likeness (QED) is 0.892. The third-order valence-electron chi connectivity index (χ3n) is 4.69. The smallest absolute Gasteiger partial charge is 0.411 e. The van der Waals surface area contributed by atoms with Gasteiger partial charge in [-0.2, -0.15) is 0 Å². The molecular weight excluding hydrogens is 310 g/mol. The number of nitrogens with one attached hydrogen (secondary N) is 1. The van der Waals surface area contributed by atoms with Crippen LogP contribution in [-0.2, 0) is 16.6 Å². The van der Waals surface area contributed by atoms with Crippen LogP contribution in [-0.4, -0.2) is 49.9 Å². The van der Waals surface area contributed by atoms with E-state index in [1.54, 1.807) is 7.05 Å². The fourth-order valence-electron chi connectivity index (χ4n) is 3.73. The molecule has 3 rings (SSSR count). The SMILES string of the molecule is Cn1cnc(NC(=O)C2N(C(=O)OC(C)(C)C)CC23CCCC3)n1. The largest absolute Gasteiger partial charge is 0.444 e. The Morgan fingerprint density at radius 2 is 2.00 bits per heavy atom. The van der Waals surface area contributed by atoms with Crippen molar-refractivity contribution in [3.05, 3.63) is 6.33 Å². The van der Waals surface area contributed by atoms with E-state index in [1.165, 1.54) is 15.9 Å². The second-order valence-corrected chi connectivity index (χ2v) is 7.81.